The quantitative estimate of drug-likeness (QED) is 0.824. The number of aryl methyl sites for hydroxylation is 2. The van der Waals surface area contributed by atoms with Gasteiger partial charge >= 0.3 is 5.97 Å². The van der Waals surface area contributed by atoms with E-state index in [4.69, 9.17) is 5.11 Å². The molecule has 21 heavy (non-hydrogen) atoms. The van der Waals surface area contributed by atoms with Crippen LogP contribution in [0.5, 0.6) is 0 Å². The van der Waals surface area contributed by atoms with E-state index in [1.165, 1.54) is 5.56 Å². The SMILES string of the molecule is CCc1cc(CCC(=O)O)ccc1-c1ccc(P=O)cc1. The van der Waals surface area contributed by atoms with Gasteiger partial charge in [0, 0.05) is 11.7 Å². The van der Waals surface area contributed by atoms with Crippen molar-refractivity contribution in [3.8, 4) is 11.1 Å². The van der Waals surface area contributed by atoms with Crippen LogP contribution >= 0.6 is 8.46 Å². The summed E-state index contributed by atoms with van der Waals surface area (Å²) in [5, 5.41) is 9.52. The topological polar surface area (TPSA) is 54.4 Å². The predicted molar refractivity (Wildman–Crippen MR) is 84.5 cm³/mol. The fraction of sp³-hybridized carbons (Fsp3) is 0.235. The van der Waals surface area contributed by atoms with Crippen LogP contribution in [0.25, 0.3) is 11.1 Å². The van der Waals surface area contributed by atoms with Crippen LogP contribution in [-0.4, -0.2) is 11.1 Å². The summed E-state index contributed by atoms with van der Waals surface area (Å²) < 4.78 is 10.8. The fourth-order valence-electron chi connectivity index (χ4n) is 2.33. The van der Waals surface area contributed by atoms with E-state index >= 15 is 0 Å². The molecule has 0 spiro atoms. The Morgan fingerprint density at radius 3 is 2.43 bits per heavy atom. The molecule has 2 aromatic carbocycles. The zero-order chi connectivity index (χ0) is 15.2. The van der Waals surface area contributed by atoms with Crippen molar-refractivity contribution in [1.29, 1.82) is 0 Å². The lowest BCUT2D eigenvalue weighted by atomic mass is 9.95. The summed E-state index contributed by atoms with van der Waals surface area (Å²) in [5.41, 5.74) is 4.48. The van der Waals surface area contributed by atoms with Crippen molar-refractivity contribution in [2.75, 3.05) is 0 Å². The summed E-state index contributed by atoms with van der Waals surface area (Å²) >= 11 is 0. The van der Waals surface area contributed by atoms with E-state index in [0.717, 1.165) is 28.4 Å². The highest BCUT2D eigenvalue weighted by Crippen LogP contribution is 2.25. The minimum atomic E-state index is -0.774. The molecular weight excluding hydrogens is 283 g/mol. The van der Waals surface area contributed by atoms with Gasteiger partial charge in [0.25, 0.3) is 0 Å². The predicted octanol–water partition coefficient (Wildman–Crippen LogP) is 3.85. The first kappa shape index (κ1) is 15.4. The summed E-state index contributed by atoms with van der Waals surface area (Å²) in [6.45, 7) is 2.09. The van der Waals surface area contributed by atoms with E-state index in [2.05, 4.69) is 13.0 Å². The molecule has 0 aliphatic heterocycles. The van der Waals surface area contributed by atoms with Crippen molar-refractivity contribution in [2.45, 2.75) is 26.2 Å². The van der Waals surface area contributed by atoms with Crippen molar-refractivity contribution in [1.82, 2.24) is 0 Å². The molecule has 0 atom stereocenters. The van der Waals surface area contributed by atoms with E-state index in [1.54, 1.807) is 0 Å². The van der Waals surface area contributed by atoms with Gasteiger partial charge in [-0.1, -0.05) is 37.3 Å². The van der Waals surface area contributed by atoms with Gasteiger partial charge < -0.3 is 5.11 Å². The molecule has 0 aliphatic rings. The summed E-state index contributed by atoms with van der Waals surface area (Å²) in [6.07, 6.45) is 1.59. The van der Waals surface area contributed by atoms with Crippen LogP contribution in [0, 0.1) is 0 Å². The Bertz CT molecular complexity index is 648. The van der Waals surface area contributed by atoms with Crippen LogP contribution in [0.4, 0.5) is 0 Å². The molecule has 0 amide bonds. The third-order valence-electron chi connectivity index (χ3n) is 3.46. The summed E-state index contributed by atoms with van der Waals surface area (Å²) in [4.78, 5) is 10.6. The van der Waals surface area contributed by atoms with Gasteiger partial charge in [-0.05, 0) is 47.2 Å². The molecule has 0 aliphatic carbocycles. The minimum Gasteiger partial charge on any atom is -0.481 e. The number of carboxylic acid groups (broad SMARTS) is 1. The van der Waals surface area contributed by atoms with E-state index in [0.29, 0.717) is 6.42 Å². The lowest BCUT2D eigenvalue weighted by molar-refractivity contribution is -0.136. The van der Waals surface area contributed by atoms with Gasteiger partial charge in [-0.2, -0.15) is 0 Å². The molecular formula is C17H17O3P. The van der Waals surface area contributed by atoms with Gasteiger partial charge in [0.15, 0.2) is 8.46 Å². The molecule has 2 rings (SSSR count). The second-order valence-electron chi connectivity index (χ2n) is 4.88. The Kier molecular flexibility index (Phi) is 5.24. The third kappa shape index (κ3) is 3.99. The highest BCUT2D eigenvalue weighted by Gasteiger charge is 2.07. The molecule has 0 bridgehead atoms. The summed E-state index contributed by atoms with van der Waals surface area (Å²) in [5.74, 6) is -0.774. The molecule has 0 heterocycles. The maximum absolute atomic E-state index is 10.8. The van der Waals surface area contributed by atoms with Crippen molar-refractivity contribution in [3.05, 3.63) is 53.6 Å². The molecule has 0 fully saturated rings. The highest BCUT2D eigenvalue weighted by molar-refractivity contribution is 7.34. The Hall–Kier alpha value is -1.99. The average molecular weight is 300 g/mol. The fourth-order valence-corrected chi connectivity index (χ4v) is 2.60. The number of benzene rings is 2. The minimum absolute atomic E-state index is 0.0300. The first-order valence-corrected chi connectivity index (χ1v) is 7.72. The molecule has 0 radical (unpaired) electrons. The van der Waals surface area contributed by atoms with E-state index in [-0.39, 0.29) is 14.9 Å². The number of carbonyl (C=O) groups is 1. The summed E-state index contributed by atoms with van der Waals surface area (Å²) in [7, 11) is 0.0300. The van der Waals surface area contributed by atoms with Gasteiger partial charge in [-0.3, -0.25) is 9.36 Å². The van der Waals surface area contributed by atoms with Gasteiger partial charge in [-0.25, -0.2) is 0 Å². The lowest BCUT2D eigenvalue weighted by Crippen LogP contribution is -1.99. The van der Waals surface area contributed by atoms with Gasteiger partial charge in [-0.15, -0.1) is 0 Å². The van der Waals surface area contributed by atoms with Crippen LogP contribution in [0.3, 0.4) is 0 Å². The zero-order valence-electron chi connectivity index (χ0n) is 11.9. The lowest BCUT2D eigenvalue weighted by Gasteiger charge is -2.11. The van der Waals surface area contributed by atoms with Crippen LogP contribution < -0.4 is 5.30 Å². The number of hydrogen-bond donors (Lipinski definition) is 1. The molecule has 108 valence electrons. The highest BCUT2D eigenvalue weighted by atomic mass is 31.1. The van der Waals surface area contributed by atoms with E-state index in [1.807, 2.05) is 36.4 Å². The van der Waals surface area contributed by atoms with Gasteiger partial charge in [0.2, 0.25) is 0 Å². The van der Waals surface area contributed by atoms with Gasteiger partial charge in [0.05, 0.1) is 0 Å². The van der Waals surface area contributed by atoms with Crippen LogP contribution in [0.2, 0.25) is 0 Å². The monoisotopic (exact) mass is 300 g/mol. The Balaban J connectivity index is 2.30. The Morgan fingerprint density at radius 2 is 1.86 bits per heavy atom. The van der Waals surface area contributed by atoms with Gasteiger partial charge in [0.1, 0.15) is 0 Å². The number of hydrogen-bond acceptors (Lipinski definition) is 2. The van der Waals surface area contributed by atoms with Crippen molar-refractivity contribution in [2.24, 2.45) is 0 Å². The Morgan fingerprint density at radius 1 is 1.14 bits per heavy atom. The van der Waals surface area contributed by atoms with Crippen LogP contribution in [-0.2, 0) is 22.2 Å². The van der Waals surface area contributed by atoms with E-state index in [9.17, 15) is 9.36 Å². The molecule has 2 aromatic rings. The molecule has 3 nitrogen and oxygen atoms in total. The largest absolute Gasteiger partial charge is 0.481 e. The second kappa shape index (κ2) is 7.14. The molecule has 0 saturated carbocycles. The second-order valence-corrected chi connectivity index (χ2v) is 5.58. The molecule has 1 N–H and O–H groups in total. The standard InChI is InChI=1S/C17H17O3P/c1-2-13-11-12(4-10-17(18)19)3-9-16(13)14-5-7-15(21-20)8-6-14/h3,5-9,11H,2,4,10H2,1H3,(H,18,19). The van der Waals surface area contributed by atoms with Crippen molar-refractivity contribution >= 4 is 19.7 Å². The normalized spacial score (nSPS) is 10.7. The Labute approximate surface area is 125 Å². The van der Waals surface area contributed by atoms with Crippen molar-refractivity contribution < 1.29 is 14.5 Å². The smallest absolute Gasteiger partial charge is 0.303 e. The maximum atomic E-state index is 10.8. The average Bonchev–Trinajstić information content (AvgIpc) is 2.52. The van der Waals surface area contributed by atoms with Crippen LogP contribution in [0.1, 0.15) is 24.5 Å². The zero-order valence-corrected chi connectivity index (χ0v) is 12.8. The summed E-state index contributed by atoms with van der Waals surface area (Å²) in [6, 6.07) is 13.7. The van der Waals surface area contributed by atoms with Crippen molar-refractivity contribution in [3.63, 3.8) is 0 Å². The number of rotatable bonds is 6. The maximum Gasteiger partial charge on any atom is 0.303 e. The number of carboxylic acids is 1. The first-order chi connectivity index (χ1) is 10.1. The third-order valence-corrected chi connectivity index (χ3v) is 3.97. The first-order valence-electron chi connectivity index (χ1n) is 6.91. The molecule has 0 aromatic heterocycles. The van der Waals surface area contributed by atoms with E-state index < -0.39 is 5.97 Å². The molecule has 4 heteroatoms. The molecule has 0 saturated heterocycles. The van der Waals surface area contributed by atoms with Crippen LogP contribution in [0.15, 0.2) is 42.5 Å². The molecule has 0 unspecified atom stereocenters. The number of aliphatic carboxylic acids is 1.